The molecule has 7 nitrogen and oxygen atoms in total. The van der Waals surface area contributed by atoms with Crippen molar-refractivity contribution < 1.29 is 32.6 Å². The maximum atomic E-state index is 13.5. The number of fused-ring (bicyclic) bond motifs is 1. The summed E-state index contributed by atoms with van der Waals surface area (Å²) in [4.78, 5) is 27.5. The zero-order valence-electron chi connectivity index (χ0n) is 15.5. The van der Waals surface area contributed by atoms with Gasteiger partial charge in [0, 0.05) is 11.1 Å². The molecule has 2 aromatic rings. The molecule has 3 rings (SSSR count). The first-order valence-corrected chi connectivity index (χ1v) is 9.45. The third-order valence-electron chi connectivity index (χ3n) is 4.37. The highest BCUT2D eigenvalue weighted by Gasteiger charge is 2.58. The van der Waals surface area contributed by atoms with Crippen LogP contribution in [0, 0.1) is 6.92 Å². The molecule has 2 amide bonds. The van der Waals surface area contributed by atoms with Crippen LogP contribution in [0.25, 0.3) is 0 Å². The first-order valence-electron chi connectivity index (χ1n) is 8.57. The number of halogens is 3. The molecule has 0 saturated carbocycles. The van der Waals surface area contributed by atoms with Crippen LogP contribution in [0.15, 0.2) is 23.6 Å². The van der Waals surface area contributed by atoms with Gasteiger partial charge in [-0.25, -0.2) is 4.98 Å². The van der Waals surface area contributed by atoms with E-state index in [0.717, 1.165) is 0 Å². The van der Waals surface area contributed by atoms with Crippen molar-refractivity contribution in [3.05, 3.63) is 39.8 Å². The Kier molecular flexibility index (Phi) is 5.54. The minimum atomic E-state index is -5.08. The Morgan fingerprint density at radius 1 is 1.45 bits per heavy atom. The molecule has 0 saturated heterocycles. The maximum Gasteiger partial charge on any atom is 0.424 e. The van der Waals surface area contributed by atoms with E-state index in [1.54, 1.807) is 25.1 Å². The number of alkyl halides is 3. The lowest BCUT2D eigenvalue weighted by molar-refractivity contribution is -0.267. The number of hydrogen-bond acceptors (Lipinski definition) is 6. The van der Waals surface area contributed by atoms with Gasteiger partial charge < -0.3 is 20.5 Å². The number of nitrogens with zero attached hydrogens (tertiary/aromatic N) is 1. The molecule has 2 unspecified atom stereocenters. The number of benzene rings is 1. The van der Waals surface area contributed by atoms with Crippen LogP contribution in [-0.2, 0) is 15.2 Å². The number of amides is 2. The number of anilines is 1. The average Bonchev–Trinajstić information content (AvgIpc) is 3.06. The largest absolute Gasteiger partial charge is 0.482 e. The Labute approximate surface area is 167 Å². The van der Waals surface area contributed by atoms with E-state index in [1.807, 2.05) is 0 Å². The Bertz CT molecular complexity index is 947. The predicted octanol–water partition coefficient (Wildman–Crippen LogP) is 2.80. The number of hydrogen-bond donors (Lipinski definition) is 3. The van der Waals surface area contributed by atoms with Crippen LogP contribution in [-0.4, -0.2) is 34.7 Å². The van der Waals surface area contributed by atoms with Crippen molar-refractivity contribution in [3.8, 4) is 5.75 Å². The minimum absolute atomic E-state index is 0.106. The molecule has 0 fully saturated rings. The molecular formula is C18H18F3N3O4S. The smallest absolute Gasteiger partial charge is 0.424 e. The third kappa shape index (κ3) is 4.35. The number of rotatable bonds is 5. The van der Waals surface area contributed by atoms with E-state index >= 15 is 0 Å². The molecule has 1 aliphatic heterocycles. The molecule has 2 heterocycles. The molecule has 0 spiro atoms. The van der Waals surface area contributed by atoms with Crippen molar-refractivity contribution in [1.82, 2.24) is 10.3 Å². The minimum Gasteiger partial charge on any atom is -0.482 e. The summed E-state index contributed by atoms with van der Waals surface area (Å²) < 4.78 is 45.8. The molecular weight excluding hydrogens is 411 g/mol. The van der Waals surface area contributed by atoms with E-state index in [-0.39, 0.29) is 12.5 Å². The van der Waals surface area contributed by atoms with Gasteiger partial charge in [-0.2, -0.15) is 13.2 Å². The maximum absolute atomic E-state index is 13.5. The summed E-state index contributed by atoms with van der Waals surface area (Å²) in [6, 6.07) is 4.11. The standard InChI is InChI=1S/C18H18F3N3O4S/c1-9-8-29-16(22-9)17(27,18(19,20)21)6-14(25)23-10(2)11-3-4-13-12(5-11)24-15(26)7-28-13/h3-5,8,10,27H,6-7H2,1-2H3,(H,23,25)(H,24,26). The molecule has 156 valence electrons. The summed E-state index contributed by atoms with van der Waals surface area (Å²) >= 11 is 0.641. The highest BCUT2D eigenvalue weighted by atomic mass is 32.1. The monoisotopic (exact) mass is 429 g/mol. The molecule has 0 radical (unpaired) electrons. The summed E-state index contributed by atoms with van der Waals surface area (Å²) in [7, 11) is 0. The van der Waals surface area contributed by atoms with Crippen LogP contribution in [0.2, 0.25) is 0 Å². The number of aryl methyl sites for hydroxylation is 1. The molecule has 11 heteroatoms. The highest BCUT2D eigenvalue weighted by Crippen LogP contribution is 2.43. The van der Waals surface area contributed by atoms with E-state index in [2.05, 4.69) is 15.6 Å². The SMILES string of the molecule is Cc1csc(C(O)(CC(=O)NC(C)c2ccc3c(c2)NC(=O)CO3)C(F)(F)F)n1. The van der Waals surface area contributed by atoms with Crippen LogP contribution in [0.5, 0.6) is 5.75 Å². The third-order valence-corrected chi connectivity index (χ3v) is 5.48. The van der Waals surface area contributed by atoms with E-state index in [9.17, 15) is 27.9 Å². The molecule has 3 N–H and O–H groups in total. The van der Waals surface area contributed by atoms with E-state index in [1.165, 1.54) is 12.3 Å². The van der Waals surface area contributed by atoms with Gasteiger partial charge in [0.25, 0.3) is 5.91 Å². The van der Waals surface area contributed by atoms with Gasteiger partial charge in [-0.1, -0.05) is 6.07 Å². The van der Waals surface area contributed by atoms with Gasteiger partial charge in [0.1, 0.15) is 10.8 Å². The first kappa shape index (κ1) is 21.1. The van der Waals surface area contributed by atoms with Gasteiger partial charge in [0.15, 0.2) is 6.61 Å². The van der Waals surface area contributed by atoms with Crippen molar-refractivity contribution >= 4 is 28.8 Å². The average molecular weight is 429 g/mol. The lowest BCUT2D eigenvalue weighted by Crippen LogP contribution is -2.46. The van der Waals surface area contributed by atoms with Gasteiger partial charge in [0.2, 0.25) is 11.5 Å². The molecule has 1 aliphatic rings. The fourth-order valence-corrected chi connectivity index (χ4v) is 3.73. The Morgan fingerprint density at radius 2 is 2.17 bits per heavy atom. The van der Waals surface area contributed by atoms with Crippen LogP contribution >= 0.6 is 11.3 Å². The second-order valence-electron chi connectivity index (χ2n) is 6.71. The Morgan fingerprint density at radius 3 is 2.79 bits per heavy atom. The van der Waals surface area contributed by atoms with E-state index in [4.69, 9.17) is 4.74 Å². The van der Waals surface area contributed by atoms with E-state index < -0.39 is 35.2 Å². The quantitative estimate of drug-likeness (QED) is 0.679. The van der Waals surface area contributed by atoms with Crippen molar-refractivity contribution in [2.24, 2.45) is 0 Å². The summed E-state index contributed by atoms with van der Waals surface area (Å²) in [6.45, 7) is 2.97. The second kappa shape index (κ2) is 7.64. The Balaban J connectivity index is 1.75. The van der Waals surface area contributed by atoms with Crippen molar-refractivity contribution in [3.63, 3.8) is 0 Å². The second-order valence-corrected chi connectivity index (χ2v) is 7.57. The molecule has 0 bridgehead atoms. The van der Waals surface area contributed by atoms with Crippen molar-refractivity contribution in [2.75, 3.05) is 11.9 Å². The van der Waals surface area contributed by atoms with Gasteiger partial charge in [-0.15, -0.1) is 11.3 Å². The number of ether oxygens (including phenoxy) is 1. The van der Waals surface area contributed by atoms with Gasteiger partial charge in [0.05, 0.1) is 18.2 Å². The number of thiazole rings is 1. The molecule has 2 atom stereocenters. The van der Waals surface area contributed by atoms with E-state index in [0.29, 0.717) is 34.0 Å². The normalized spacial score (nSPS) is 16.8. The summed E-state index contributed by atoms with van der Waals surface area (Å²) in [5.41, 5.74) is -2.11. The number of aromatic nitrogens is 1. The predicted molar refractivity (Wildman–Crippen MR) is 98.5 cm³/mol. The summed E-state index contributed by atoms with van der Waals surface area (Å²) in [5.74, 6) is -0.874. The Hall–Kier alpha value is -2.66. The summed E-state index contributed by atoms with van der Waals surface area (Å²) in [5, 5.41) is 16.1. The van der Waals surface area contributed by atoms with Gasteiger partial charge in [-0.05, 0) is 31.5 Å². The number of nitrogens with one attached hydrogen (secondary N) is 2. The van der Waals surface area contributed by atoms with Crippen LogP contribution in [0.1, 0.15) is 35.7 Å². The zero-order valence-corrected chi connectivity index (χ0v) is 16.3. The lowest BCUT2D eigenvalue weighted by Gasteiger charge is -2.28. The fraction of sp³-hybridized carbons (Fsp3) is 0.389. The molecule has 29 heavy (non-hydrogen) atoms. The fourth-order valence-electron chi connectivity index (χ4n) is 2.82. The highest BCUT2D eigenvalue weighted by molar-refractivity contribution is 7.09. The van der Waals surface area contributed by atoms with Gasteiger partial charge >= 0.3 is 6.18 Å². The van der Waals surface area contributed by atoms with Gasteiger partial charge in [-0.3, -0.25) is 9.59 Å². The summed E-state index contributed by atoms with van der Waals surface area (Å²) in [6.07, 6.45) is -6.30. The lowest BCUT2D eigenvalue weighted by atomic mass is 9.98. The van der Waals surface area contributed by atoms with Crippen LogP contribution in [0.4, 0.5) is 18.9 Å². The van der Waals surface area contributed by atoms with Crippen LogP contribution < -0.4 is 15.4 Å². The molecule has 1 aromatic carbocycles. The van der Waals surface area contributed by atoms with Crippen LogP contribution in [0.3, 0.4) is 0 Å². The van der Waals surface area contributed by atoms with Crippen molar-refractivity contribution in [2.45, 2.75) is 38.1 Å². The molecule has 1 aromatic heterocycles. The first-order chi connectivity index (χ1) is 13.5. The topological polar surface area (TPSA) is 101 Å². The number of carbonyl (C=O) groups is 2. The number of carbonyl (C=O) groups excluding carboxylic acids is 2. The zero-order chi connectivity index (χ0) is 21.4. The molecule has 0 aliphatic carbocycles. The van der Waals surface area contributed by atoms with Crippen molar-refractivity contribution in [1.29, 1.82) is 0 Å². The number of aliphatic hydroxyl groups is 1.